The van der Waals surface area contributed by atoms with Crippen molar-refractivity contribution in [2.24, 2.45) is 5.92 Å². The highest BCUT2D eigenvalue weighted by Gasteiger charge is 2.29. The topological polar surface area (TPSA) is 78.5 Å². The number of carbonyl (C=O) groups excluding carboxylic acids is 1. The van der Waals surface area contributed by atoms with Crippen molar-refractivity contribution >= 4 is 28.3 Å². The quantitative estimate of drug-likeness (QED) is 0.822. The van der Waals surface area contributed by atoms with E-state index in [0.717, 1.165) is 19.4 Å². The number of carbonyl (C=O) groups is 1. The Hall–Kier alpha value is -1.15. The molecule has 1 saturated heterocycles. The molecule has 1 fully saturated rings. The van der Waals surface area contributed by atoms with E-state index < -0.39 is 10.0 Å². The maximum Gasteiger partial charge on any atom is 0.251 e. The first-order valence-corrected chi connectivity index (χ1v) is 8.90. The summed E-state index contributed by atoms with van der Waals surface area (Å²) in [5.41, 5.74) is 0.453. The van der Waals surface area contributed by atoms with Crippen molar-refractivity contribution < 1.29 is 13.2 Å². The molecule has 0 unspecified atom stereocenters. The van der Waals surface area contributed by atoms with Gasteiger partial charge in [0, 0.05) is 25.7 Å². The summed E-state index contributed by atoms with van der Waals surface area (Å²) in [6.45, 7) is 2.02. The average molecular weight is 362 g/mol. The normalized spacial score (nSPS) is 16.6. The van der Waals surface area contributed by atoms with E-state index in [9.17, 15) is 13.2 Å². The molecule has 0 saturated carbocycles. The van der Waals surface area contributed by atoms with Crippen LogP contribution in [0.15, 0.2) is 29.2 Å². The average Bonchev–Trinajstić information content (AvgIpc) is 2.55. The number of sulfonamides is 1. The van der Waals surface area contributed by atoms with Crippen LogP contribution in [0.25, 0.3) is 0 Å². The maximum absolute atomic E-state index is 12.6. The van der Waals surface area contributed by atoms with E-state index in [-0.39, 0.29) is 23.2 Å². The highest BCUT2D eigenvalue weighted by atomic mass is 35.5. The fourth-order valence-electron chi connectivity index (χ4n) is 2.71. The molecule has 0 aromatic heterocycles. The molecule has 1 aromatic rings. The Morgan fingerprint density at radius 1 is 1.17 bits per heavy atom. The second-order valence-corrected chi connectivity index (χ2v) is 7.45. The zero-order valence-corrected chi connectivity index (χ0v) is 15.0. The van der Waals surface area contributed by atoms with Gasteiger partial charge in [0.25, 0.3) is 5.91 Å². The summed E-state index contributed by atoms with van der Waals surface area (Å²) in [5.74, 6) is 0.309. The van der Waals surface area contributed by atoms with E-state index in [1.807, 2.05) is 7.05 Å². The van der Waals surface area contributed by atoms with Crippen LogP contribution in [0.5, 0.6) is 0 Å². The van der Waals surface area contributed by atoms with Crippen molar-refractivity contribution in [2.75, 3.05) is 33.7 Å². The van der Waals surface area contributed by atoms with Crippen LogP contribution in [-0.4, -0.2) is 52.4 Å². The number of hydrogen-bond donors (Lipinski definition) is 2. The van der Waals surface area contributed by atoms with E-state index in [4.69, 9.17) is 0 Å². The minimum atomic E-state index is -3.47. The van der Waals surface area contributed by atoms with Gasteiger partial charge in [0.2, 0.25) is 10.0 Å². The van der Waals surface area contributed by atoms with Crippen LogP contribution in [0.1, 0.15) is 23.2 Å². The predicted molar refractivity (Wildman–Crippen MR) is 92.5 cm³/mol. The largest absolute Gasteiger partial charge is 0.355 e. The van der Waals surface area contributed by atoms with Gasteiger partial charge in [-0.15, -0.1) is 12.4 Å². The highest BCUT2D eigenvalue weighted by Crippen LogP contribution is 2.23. The molecule has 1 amide bonds. The third kappa shape index (κ3) is 4.67. The molecule has 23 heavy (non-hydrogen) atoms. The molecule has 2 N–H and O–H groups in total. The molecule has 1 aliphatic heterocycles. The molecule has 0 aliphatic carbocycles. The summed E-state index contributed by atoms with van der Waals surface area (Å²) in [6.07, 6.45) is 1.74. The summed E-state index contributed by atoms with van der Waals surface area (Å²) < 4.78 is 26.8. The molecular weight excluding hydrogens is 338 g/mol. The molecule has 0 atom stereocenters. The Morgan fingerprint density at radius 3 is 2.22 bits per heavy atom. The summed E-state index contributed by atoms with van der Waals surface area (Å²) >= 11 is 0. The molecule has 1 aromatic carbocycles. The number of rotatable bonds is 5. The molecule has 0 spiro atoms. The van der Waals surface area contributed by atoms with Gasteiger partial charge in [-0.05, 0) is 56.6 Å². The smallest absolute Gasteiger partial charge is 0.251 e. The molecular formula is C15H24ClN3O3S. The number of piperidine rings is 1. The Kier molecular flexibility index (Phi) is 7.47. The molecule has 1 heterocycles. The Morgan fingerprint density at radius 2 is 1.74 bits per heavy atom. The lowest BCUT2D eigenvalue weighted by Gasteiger charge is -2.31. The van der Waals surface area contributed by atoms with Crippen molar-refractivity contribution in [3.8, 4) is 0 Å². The molecule has 1 aliphatic rings. The van der Waals surface area contributed by atoms with Crippen LogP contribution >= 0.6 is 12.4 Å². The van der Waals surface area contributed by atoms with Gasteiger partial charge in [0.05, 0.1) is 4.90 Å². The third-order valence-corrected chi connectivity index (χ3v) is 5.96. The van der Waals surface area contributed by atoms with Gasteiger partial charge < -0.3 is 10.6 Å². The monoisotopic (exact) mass is 361 g/mol. The van der Waals surface area contributed by atoms with Crippen molar-refractivity contribution in [1.82, 2.24) is 14.9 Å². The van der Waals surface area contributed by atoms with Crippen LogP contribution < -0.4 is 10.6 Å². The van der Waals surface area contributed by atoms with Gasteiger partial charge in [0.1, 0.15) is 0 Å². The second-order valence-electron chi connectivity index (χ2n) is 5.51. The number of halogens is 1. The standard InChI is InChI=1S/C15H23N3O3S.ClH/c1-16-11-12-7-9-18(10-8-12)22(20,21)14-5-3-13(4-6-14)15(19)17-2;/h3-6,12,16H,7-11H2,1-2H3,(H,17,19);1H. The van der Waals surface area contributed by atoms with E-state index in [2.05, 4.69) is 10.6 Å². The minimum absolute atomic E-state index is 0. The van der Waals surface area contributed by atoms with Gasteiger partial charge in [-0.2, -0.15) is 4.31 Å². The van der Waals surface area contributed by atoms with Gasteiger partial charge in [-0.1, -0.05) is 0 Å². The summed E-state index contributed by atoms with van der Waals surface area (Å²) in [7, 11) is -0.0106. The first-order chi connectivity index (χ1) is 10.5. The zero-order valence-electron chi connectivity index (χ0n) is 13.4. The number of hydrogen-bond acceptors (Lipinski definition) is 4. The van der Waals surface area contributed by atoms with Crippen molar-refractivity contribution in [3.05, 3.63) is 29.8 Å². The van der Waals surface area contributed by atoms with E-state index in [0.29, 0.717) is 24.6 Å². The molecule has 8 heteroatoms. The second kappa shape index (κ2) is 8.63. The molecule has 0 radical (unpaired) electrons. The lowest BCUT2D eigenvalue weighted by Crippen LogP contribution is -2.40. The Bertz CT molecular complexity index is 611. The van der Waals surface area contributed by atoms with Gasteiger partial charge in [-0.3, -0.25) is 4.79 Å². The number of nitrogens with one attached hydrogen (secondary N) is 2. The minimum Gasteiger partial charge on any atom is -0.355 e. The fourth-order valence-corrected chi connectivity index (χ4v) is 4.18. The third-order valence-electron chi connectivity index (χ3n) is 4.05. The van der Waals surface area contributed by atoms with Crippen LogP contribution in [0.3, 0.4) is 0 Å². The maximum atomic E-state index is 12.6. The van der Waals surface area contributed by atoms with E-state index >= 15 is 0 Å². The van der Waals surface area contributed by atoms with Crippen molar-refractivity contribution in [3.63, 3.8) is 0 Å². The molecule has 130 valence electrons. The van der Waals surface area contributed by atoms with Crippen LogP contribution in [0, 0.1) is 5.92 Å². The zero-order chi connectivity index (χ0) is 16.2. The van der Waals surface area contributed by atoms with Crippen molar-refractivity contribution in [1.29, 1.82) is 0 Å². The number of amides is 1. The van der Waals surface area contributed by atoms with Gasteiger partial charge >= 0.3 is 0 Å². The fraction of sp³-hybridized carbons (Fsp3) is 0.533. The van der Waals surface area contributed by atoms with Crippen LogP contribution in [0.4, 0.5) is 0 Å². The first-order valence-electron chi connectivity index (χ1n) is 7.46. The highest BCUT2D eigenvalue weighted by molar-refractivity contribution is 7.89. The molecule has 0 bridgehead atoms. The SMILES string of the molecule is CNCC1CCN(S(=O)(=O)c2ccc(C(=O)NC)cc2)CC1.Cl. The lowest BCUT2D eigenvalue weighted by molar-refractivity contribution is 0.0963. The summed E-state index contributed by atoms with van der Waals surface area (Å²) in [5, 5.41) is 5.65. The molecule has 6 nitrogen and oxygen atoms in total. The predicted octanol–water partition coefficient (Wildman–Crippen LogP) is 1.09. The van der Waals surface area contributed by atoms with Crippen LogP contribution in [-0.2, 0) is 10.0 Å². The number of nitrogens with zero attached hydrogens (tertiary/aromatic N) is 1. The van der Waals surface area contributed by atoms with Crippen molar-refractivity contribution in [2.45, 2.75) is 17.7 Å². The van der Waals surface area contributed by atoms with Crippen LogP contribution in [0.2, 0.25) is 0 Å². The first kappa shape index (κ1) is 19.9. The van der Waals surface area contributed by atoms with Gasteiger partial charge in [0.15, 0.2) is 0 Å². The number of benzene rings is 1. The molecule has 2 rings (SSSR count). The van der Waals surface area contributed by atoms with Gasteiger partial charge in [-0.25, -0.2) is 8.42 Å². The summed E-state index contributed by atoms with van der Waals surface area (Å²) in [4.78, 5) is 11.7. The summed E-state index contributed by atoms with van der Waals surface area (Å²) in [6, 6.07) is 6.08. The lowest BCUT2D eigenvalue weighted by atomic mass is 9.98. The van der Waals surface area contributed by atoms with E-state index in [1.165, 1.54) is 16.4 Å². The Labute approximate surface area is 144 Å². The van der Waals surface area contributed by atoms with E-state index in [1.54, 1.807) is 19.2 Å². The Balaban J connectivity index is 0.00000264.